The molecule has 0 aliphatic carbocycles. The van der Waals surface area contributed by atoms with Crippen LogP contribution in [0.4, 0.5) is 0 Å². The molecular weight excluding hydrogens is 316 g/mol. The third-order valence-electron chi connectivity index (χ3n) is 3.85. The number of aromatic amines is 1. The third-order valence-corrected chi connectivity index (χ3v) is 4.64. The van der Waals surface area contributed by atoms with Gasteiger partial charge in [0.2, 0.25) is 0 Å². The van der Waals surface area contributed by atoms with Crippen molar-refractivity contribution in [3.05, 3.63) is 88.9 Å². The van der Waals surface area contributed by atoms with Crippen LogP contribution in [0.5, 0.6) is 0 Å². The highest BCUT2D eigenvalue weighted by atomic mass is 32.1. The van der Waals surface area contributed by atoms with Crippen molar-refractivity contribution in [3.63, 3.8) is 0 Å². The first-order valence-corrected chi connectivity index (χ1v) is 8.53. The maximum atomic E-state index is 4.75. The summed E-state index contributed by atoms with van der Waals surface area (Å²) in [5.41, 5.74) is 3.82. The zero-order valence-corrected chi connectivity index (χ0v) is 13.8. The average molecular weight is 332 g/mol. The maximum absolute atomic E-state index is 4.75. The smallest absolute Gasteiger partial charge is 0.190 e. The van der Waals surface area contributed by atoms with Gasteiger partial charge in [-0.3, -0.25) is 0 Å². The summed E-state index contributed by atoms with van der Waals surface area (Å²) in [5.74, 6) is 0. The normalized spacial score (nSPS) is 11.9. The Balaban J connectivity index is 1.69. The Kier molecular flexibility index (Phi) is 3.84. The van der Waals surface area contributed by atoms with E-state index in [2.05, 4.69) is 51.6 Å². The van der Waals surface area contributed by atoms with E-state index in [0.717, 1.165) is 33.6 Å². The van der Waals surface area contributed by atoms with Crippen molar-refractivity contribution in [1.82, 2.24) is 14.5 Å². The molecule has 5 heteroatoms. The molecule has 0 amide bonds. The molecule has 24 heavy (non-hydrogen) atoms. The number of nitrogens with zero attached hydrogens (tertiary/aromatic N) is 3. The van der Waals surface area contributed by atoms with E-state index in [1.165, 1.54) is 5.56 Å². The number of aromatic nitrogens is 3. The number of hydrogen-bond acceptors (Lipinski definition) is 3. The van der Waals surface area contributed by atoms with Gasteiger partial charge in [-0.15, -0.1) is 11.3 Å². The molecule has 0 aliphatic rings. The van der Waals surface area contributed by atoms with Gasteiger partial charge in [-0.2, -0.15) is 0 Å². The van der Waals surface area contributed by atoms with Crippen LogP contribution in [0.1, 0.15) is 11.1 Å². The van der Waals surface area contributed by atoms with Crippen LogP contribution in [0.3, 0.4) is 0 Å². The summed E-state index contributed by atoms with van der Waals surface area (Å²) >= 11 is 1.61. The SMILES string of the molecule is C=C(N=c1sccn1Cc1ccccc1)c1c[nH]c2ncccc12. The minimum atomic E-state index is 0.735. The first-order chi connectivity index (χ1) is 11.8. The predicted octanol–water partition coefficient (Wildman–Crippen LogP) is 4.05. The zero-order chi connectivity index (χ0) is 16.4. The molecule has 0 fully saturated rings. The quantitative estimate of drug-likeness (QED) is 0.602. The largest absolute Gasteiger partial charge is 0.345 e. The number of pyridine rings is 1. The minimum absolute atomic E-state index is 0.735. The molecule has 0 bridgehead atoms. The van der Waals surface area contributed by atoms with Crippen LogP contribution in [0, 0.1) is 0 Å². The monoisotopic (exact) mass is 332 g/mol. The number of hydrogen-bond donors (Lipinski definition) is 1. The second kappa shape index (κ2) is 6.29. The Bertz CT molecular complexity index is 1050. The number of thiazole rings is 1. The van der Waals surface area contributed by atoms with Crippen molar-refractivity contribution >= 4 is 28.1 Å². The lowest BCUT2D eigenvalue weighted by Crippen LogP contribution is -2.14. The fraction of sp³-hybridized carbons (Fsp3) is 0.0526. The molecule has 4 aromatic rings. The summed E-state index contributed by atoms with van der Waals surface area (Å²) in [7, 11) is 0. The summed E-state index contributed by atoms with van der Waals surface area (Å²) in [4.78, 5) is 13.2. The summed E-state index contributed by atoms with van der Waals surface area (Å²) in [5, 5.41) is 3.09. The zero-order valence-electron chi connectivity index (χ0n) is 13.0. The van der Waals surface area contributed by atoms with E-state index in [4.69, 9.17) is 4.99 Å². The maximum Gasteiger partial charge on any atom is 0.190 e. The van der Waals surface area contributed by atoms with Crippen molar-refractivity contribution in [1.29, 1.82) is 0 Å². The van der Waals surface area contributed by atoms with E-state index in [1.807, 2.05) is 29.8 Å². The lowest BCUT2D eigenvalue weighted by atomic mass is 10.2. The van der Waals surface area contributed by atoms with Gasteiger partial charge in [-0.05, 0) is 17.7 Å². The van der Waals surface area contributed by atoms with Crippen LogP contribution >= 0.6 is 11.3 Å². The second-order valence-corrected chi connectivity index (χ2v) is 6.33. The van der Waals surface area contributed by atoms with Crippen molar-refractivity contribution < 1.29 is 0 Å². The fourth-order valence-corrected chi connectivity index (χ4v) is 3.41. The van der Waals surface area contributed by atoms with E-state index in [0.29, 0.717) is 0 Å². The van der Waals surface area contributed by atoms with Gasteiger partial charge < -0.3 is 9.55 Å². The van der Waals surface area contributed by atoms with Crippen LogP contribution in [0.2, 0.25) is 0 Å². The molecule has 0 aliphatic heterocycles. The van der Waals surface area contributed by atoms with Crippen LogP contribution in [-0.4, -0.2) is 14.5 Å². The molecule has 3 aromatic heterocycles. The first-order valence-electron chi connectivity index (χ1n) is 7.65. The molecule has 118 valence electrons. The lowest BCUT2D eigenvalue weighted by Gasteiger charge is -2.03. The van der Waals surface area contributed by atoms with Gasteiger partial charge >= 0.3 is 0 Å². The van der Waals surface area contributed by atoms with Crippen LogP contribution in [0.15, 0.2) is 78.0 Å². The summed E-state index contributed by atoms with van der Waals surface area (Å²) in [6, 6.07) is 14.3. The highest BCUT2D eigenvalue weighted by molar-refractivity contribution is 7.07. The van der Waals surface area contributed by atoms with Gasteiger partial charge in [0, 0.05) is 41.5 Å². The Morgan fingerprint density at radius 1 is 1.21 bits per heavy atom. The van der Waals surface area contributed by atoms with E-state index in [-0.39, 0.29) is 0 Å². The summed E-state index contributed by atoms with van der Waals surface area (Å²) in [6.45, 7) is 4.95. The van der Waals surface area contributed by atoms with Gasteiger partial charge in [0.15, 0.2) is 4.80 Å². The van der Waals surface area contributed by atoms with Crippen molar-refractivity contribution in [2.24, 2.45) is 4.99 Å². The van der Waals surface area contributed by atoms with E-state index >= 15 is 0 Å². The Morgan fingerprint density at radius 2 is 2.08 bits per heavy atom. The molecule has 0 atom stereocenters. The van der Waals surface area contributed by atoms with E-state index in [9.17, 15) is 0 Å². The van der Waals surface area contributed by atoms with Crippen LogP contribution in [0.25, 0.3) is 16.7 Å². The number of benzene rings is 1. The summed E-state index contributed by atoms with van der Waals surface area (Å²) < 4.78 is 2.14. The second-order valence-electron chi connectivity index (χ2n) is 5.46. The predicted molar refractivity (Wildman–Crippen MR) is 98.5 cm³/mol. The molecule has 0 radical (unpaired) electrons. The van der Waals surface area contributed by atoms with Crippen LogP contribution in [-0.2, 0) is 6.54 Å². The average Bonchev–Trinajstić information content (AvgIpc) is 3.23. The van der Waals surface area contributed by atoms with Gasteiger partial charge in [-0.1, -0.05) is 36.9 Å². The standard InChI is InChI=1S/C19H16N4S/c1-14(17-12-21-18-16(17)8-5-9-20-18)22-19-23(10-11-24-19)13-15-6-3-2-4-7-15/h2-12H,1,13H2,(H,20,21). The van der Waals surface area contributed by atoms with Gasteiger partial charge in [0.05, 0.1) is 5.70 Å². The van der Waals surface area contributed by atoms with Gasteiger partial charge in [0.25, 0.3) is 0 Å². The number of H-pyrrole nitrogens is 1. The van der Waals surface area contributed by atoms with E-state index < -0.39 is 0 Å². The molecule has 0 unspecified atom stereocenters. The van der Waals surface area contributed by atoms with E-state index in [1.54, 1.807) is 17.5 Å². The molecule has 4 nitrogen and oxygen atoms in total. The molecule has 3 heterocycles. The highest BCUT2D eigenvalue weighted by Crippen LogP contribution is 2.22. The Labute approximate surface area is 143 Å². The lowest BCUT2D eigenvalue weighted by molar-refractivity contribution is 0.771. The Morgan fingerprint density at radius 3 is 2.96 bits per heavy atom. The topological polar surface area (TPSA) is 46.0 Å². The van der Waals surface area contributed by atoms with Crippen molar-refractivity contribution in [2.45, 2.75) is 6.54 Å². The third kappa shape index (κ3) is 2.81. The van der Waals surface area contributed by atoms with Crippen molar-refractivity contribution in [2.75, 3.05) is 0 Å². The number of fused-ring (bicyclic) bond motifs is 1. The number of nitrogens with one attached hydrogen (secondary N) is 1. The molecule has 0 spiro atoms. The van der Waals surface area contributed by atoms with Crippen LogP contribution < -0.4 is 4.80 Å². The van der Waals surface area contributed by atoms with Crippen molar-refractivity contribution in [3.8, 4) is 0 Å². The molecule has 1 N–H and O–H groups in total. The number of rotatable bonds is 4. The summed E-state index contributed by atoms with van der Waals surface area (Å²) in [6.07, 6.45) is 5.74. The molecule has 0 saturated heterocycles. The molecule has 4 rings (SSSR count). The minimum Gasteiger partial charge on any atom is -0.345 e. The first kappa shape index (κ1) is 14.7. The molecule has 1 aromatic carbocycles. The Hall–Kier alpha value is -2.92. The van der Waals surface area contributed by atoms with Gasteiger partial charge in [0.1, 0.15) is 5.65 Å². The van der Waals surface area contributed by atoms with Gasteiger partial charge in [-0.25, -0.2) is 9.98 Å². The highest BCUT2D eigenvalue weighted by Gasteiger charge is 2.07. The fourth-order valence-electron chi connectivity index (χ4n) is 2.66. The molecular formula is C19H16N4S. The molecule has 0 saturated carbocycles.